The first kappa shape index (κ1) is 28.0. The van der Waals surface area contributed by atoms with Crippen LogP contribution in [0.25, 0.3) is 0 Å². The topological polar surface area (TPSA) is 29.1 Å². The van der Waals surface area contributed by atoms with E-state index in [4.69, 9.17) is 11.6 Å². The van der Waals surface area contributed by atoms with Crippen LogP contribution in [-0.4, -0.2) is 43.9 Å². The number of nitrogens with one attached hydrogen (secondary N) is 2. The third-order valence-corrected chi connectivity index (χ3v) is 5.94. The zero-order valence-corrected chi connectivity index (χ0v) is 19.6. The Balaban J connectivity index is 0.00000364. The van der Waals surface area contributed by atoms with Gasteiger partial charge in [-0.05, 0) is 18.6 Å². The molecule has 0 aromatic heterocycles. The van der Waals surface area contributed by atoms with Crippen LogP contribution in [0.15, 0.2) is 24.3 Å². The number of benzene rings is 1. The summed E-state index contributed by atoms with van der Waals surface area (Å²) in [5.74, 6) is 0. The Kier molecular flexibility index (Phi) is 16.7. The lowest BCUT2D eigenvalue weighted by atomic mass is 10.1. The first-order valence-electron chi connectivity index (χ1n) is 10.8. The molecule has 0 aliphatic carbocycles. The Morgan fingerprint density at radius 3 is 2.14 bits per heavy atom. The second-order valence-corrected chi connectivity index (χ2v) is 8.42. The minimum absolute atomic E-state index is 0. The summed E-state index contributed by atoms with van der Waals surface area (Å²) < 4.78 is 0. The molecule has 0 spiro atoms. The third kappa shape index (κ3) is 11.2. The van der Waals surface area contributed by atoms with E-state index >= 15 is 0 Å². The number of rotatable bonds is 12. The molecule has 2 rings (SSSR count). The van der Waals surface area contributed by atoms with E-state index in [1.165, 1.54) is 62.0 Å². The van der Waals surface area contributed by atoms with Crippen LogP contribution in [0, 0.1) is 0 Å². The average molecular weight is 454 g/mol. The van der Waals surface area contributed by atoms with Gasteiger partial charge in [-0.2, -0.15) is 0 Å². The highest BCUT2D eigenvalue weighted by molar-refractivity contribution is 6.30. The quantitative estimate of drug-likeness (QED) is 0.284. The lowest BCUT2D eigenvalue weighted by Gasteiger charge is -2.30. The van der Waals surface area contributed by atoms with Gasteiger partial charge in [0.25, 0.3) is 0 Å². The molecule has 1 aromatic rings. The largest absolute Gasteiger partial charge is 1.00 e. The second-order valence-electron chi connectivity index (χ2n) is 7.99. The number of aliphatic hydroxyl groups excluding tert-OH is 1. The zero-order chi connectivity index (χ0) is 18.6. The Bertz CT molecular complexity index is 496. The molecule has 1 aliphatic heterocycles. The van der Waals surface area contributed by atoms with Gasteiger partial charge in [-0.3, -0.25) is 4.90 Å². The highest BCUT2D eigenvalue weighted by Gasteiger charge is 2.26. The van der Waals surface area contributed by atoms with E-state index in [-0.39, 0.29) is 30.9 Å². The average Bonchev–Trinajstić information content (AvgIpc) is 2.64. The molecule has 28 heavy (non-hydrogen) atoms. The van der Waals surface area contributed by atoms with Crippen molar-refractivity contribution in [2.75, 3.05) is 32.7 Å². The van der Waals surface area contributed by atoms with Gasteiger partial charge in [-0.15, -0.1) is 0 Å². The zero-order valence-electron chi connectivity index (χ0n) is 17.4. The van der Waals surface area contributed by atoms with Gasteiger partial charge in [0.15, 0.2) is 0 Å². The van der Waals surface area contributed by atoms with Crippen molar-refractivity contribution in [1.29, 1.82) is 0 Å². The van der Waals surface area contributed by atoms with Gasteiger partial charge in [-0.1, -0.05) is 76.0 Å². The number of quaternary nitrogens is 2. The third-order valence-electron chi connectivity index (χ3n) is 5.71. The second kappa shape index (κ2) is 16.7. The monoisotopic (exact) mass is 452 g/mol. The van der Waals surface area contributed by atoms with Crippen molar-refractivity contribution < 1.29 is 39.7 Å². The molecule has 1 atom stereocenters. The smallest absolute Gasteiger partial charge is 0.133 e. The number of aliphatic hydroxyl groups is 1. The molecule has 3 nitrogen and oxygen atoms in total. The molecule has 1 saturated heterocycles. The number of halogens is 3. The van der Waals surface area contributed by atoms with Crippen molar-refractivity contribution >= 4 is 17.3 Å². The first-order chi connectivity index (χ1) is 12.7. The van der Waals surface area contributed by atoms with E-state index in [0.717, 1.165) is 44.2 Å². The molecule has 1 unspecified atom stereocenters. The minimum Gasteiger partial charge on any atom is -1.00 e. The van der Waals surface area contributed by atoms with Crippen LogP contribution in [0.4, 0.5) is 5.69 Å². The normalized spacial score (nSPS) is 20.1. The summed E-state index contributed by atoms with van der Waals surface area (Å²) in [7, 11) is 0. The molecule has 1 aliphatic rings. The van der Waals surface area contributed by atoms with Crippen LogP contribution in [-0.2, 0) is 0 Å². The van der Waals surface area contributed by atoms with E-state index in [0.29, 0.717) is 0 Å². The maximum absolute atomic E-state index is 10.3. The van der Waals surface area contributed by atoms with Crippen molar-refractivity contribution in [3.63, 3.8) is 0 Å². The van der Waals surface area contributed by atoms with Crippen molar-refractivity contribution in [2.24, 2.45) is 0 Å². The standard InChI is InChI=1S/C22H37ClN2O.2ClH/c1-2-3-4-5-6-7-8-9-13-22(26)19-24-14-16-25(17-15-24)21-12-10-11-20(23)18-21;;/h10-12,18,22,26H,2-9,13-17,19H2,1H3;2*1H. The molecule has 0 amide bonds. The molecular formula is C22H39Cl3N2O. The van der Waals surface area contributed by atoms with E-state index in [1.54, 1.807) is 4.90 Å². The van der Waals surface area contributed by atoms with E-state index in [1.807, 2.05) is 12.1 Å². The molecule has 1 heterocycles. The molecule has 3 N–H and O–H groups in total. The van der Waals surface area contributed by atoms with Gasteiger partial charge < -0.3 is 34.8 Å². The molecular weight excluding hydrogens is 415 g/mol. The summed E-state index contributed by atoms with van der Waals surface area (Å²) in [6.07, 6.45) is 11.5. The van der Waals surface area contributed by atoms with E-state index < -0.39 is 0 Å². The van der Waals surface area contributed by atoms with Gasteiger partial charge in [-0.25, -0.2) is 0 Å². The molecule has 1 aromatic carbocycles. The maximum atomic E-state index is 10.3. The van der Waals surface area contributed by atoms with Crippen LogP contribution in [0.5, 0.6) is 0 Å². The van der Waals surface area contributed by atoms with Crippen LogP contribution >= 0.6 is 11.6 Å². The molecule has 164 valence electrons. The van der Waals surface area contributed by atoms with Crippen molar-refractivity contribution in [3.8, 4) is 0 Å². The summed E-state index contributed by atoms with van der Waals surface area (Å²) in [4.78, 5) is 3.08. The van der Waals surface area contributed by atoms with Gasteiger partial charge >= 0.3 is 0 Å². The molecule has 0 bridgehead atoms. The summed E-state index contributed by atoms with van der Waals surface area (Å²) >= 11 is 6.11. The number of hydrogen-bond acceptors (Lipinski definition) is 1. The highest BCUT2D eigenvalue weighted by Crippen LogP contribution is 2.12. The van der Waals surface area contributed by atoms with Crippen molar-refractivity contribution in [3.05, 3.63) is 29.3 Å². The van der Waals surface area contributed by atoms with Crippen LogP contribution in [0.1, 0.15) is 64.7 Å². The van der Waals surface area contributed by atoms with E-state index in [9.17, 15) is 5.11 Å². The molecule has 0 radical (unpaired) electrons. The predicted octanol–water partition coefficient (Wildman–Crippen LogP) is -3.35. The minimum atomic E-state index is -0.127. The van der Waals surface area contributed by atoms with Crippen LogP contribution in [0.3, 0.4) is 0 Å². The number of piperazine rings is 1. The fraction of sp³-hybridized carbons (Fsp3) is 0.727. The van der Waals surface area contributed by atoms with Gasteiger partial charge in [0.2, 0.25) is 0 Å². The summed E-state index contributed by atoms with van der Waals surface area (Å²) in [5.41, 5.74) is 1.30. The maximum Gasteiger partial charge on any atom is 0.133 e. The number of hydrogen-bond donors (Lipinski definition) is 3. The molecule has 1 fully saturated rings. The Labute approximate surface area is 189 Å². The number of unbranched alkanes of at least 4 members (excludes halogenated alkanes) is 7. The van der Waals surface area contributed by atoms with Crippen LogP contribution < -0.4 is 34.6 Å². The summed E-state index contributed by atoms with van der Waals surface area (Å²) in [6, 6.07) is 8.23. The first-order valence-corrected chi connectivity index (χ1v) is 11.2. The molecule has 0 saturated carbocycles. The van der Waals surface area contributed by atoms with E-state index in [2.05, 4.69) is 19.1 Å². The lowest BCUT2D eigenvalue weighted by molar-refractivity contribution is -0.988. The lowest BCUT2D eigenvalue weighted by Crippen LogP contribution is -3.26. The highest BCUT2D eigenvalue weighted by atomic mass is 35.5. The Morgan fingerprint density at radius 1 is 0.929 bits per heavy atom. The predicted molar refractivity (Wildman–Crippen MR) is 111 cm³/mol. The SMILES string of the molecule is CCCCCCCCCCC(O)C[NH+]1CC[NH+](c2cccc(Cl)c2)CC1.[Cl-].[Cl-]. The molecule has 6 heteroatoms. The van der Waals surface area contributed by atoms with Crippen molar-refractivity contribution in [2.45, 2.75) is 70.8 Å². The fourth-order valence-corrected chi connectivity index (χ4v) is 4.25. The summed E-state index contributed by atoms with van der Waals surface area (Å²) in [5, 5.41) is 11.2. The van der Waals surface area contributed by atoms with Gasteiger partial charge in [0.1, 0.15) is 44.5 Å². The fourth-order valence-electron chi connectivity index (χ4n) is 4.06. The Morgan fingerprint density at radius 2 is 1.54 bits per heavy atom. The van der Waals surface area contributed by atoms with Gasteiger partial charge in [0.05, 0.1) is 0 Å². The van der Waals surface area contributed by atoms with Crippen molar-refractivity contribution in [1.82, 2.24) is 0 Å². The van der Waals surface area contributed by atoms with Crippen LogP contribution in [0.2, 0.25) is 5.02 Å². The summed E-state index contributed by atoms with van der Waals surface area (Å²) in [6.45, 7) is 7.70. The Hall–Kier alpha value is -0.0300. The van der Waals surface area contributed by atoms with Gasteiger partial charge in [0, 0.05) is 11.1 Å².